The Bertz CT molecular complexity index is 119. The molecular weight excluding hydrogens is 110 g/mol. The van der Waals surface area contributed by atoms with Crippen molar-refractivity contribution in [2.24, 2.45) is 0 Å². The molecule has 0 amide bonds. The highest BCUT2D eigenvalue weighted by Crippen LogP contribution is 2.06. The van der Waals surface area contributed by atoms with E-state index in [2.05, 4.69) is 20.8 Å². The van der Waals surface area contributed by atoms with Gasteiger partial charge in [-0.1, -0.05) is 18.9 Å². The van der Waals surface area contributed by atoms with E-state index in [0.29, 0.717) is 0 Å². The Balaban J connectivity index is 3.98. The summed E-state index contributed by atoms with van der Waals surface area (Å²) < 4.78 is 0. The lowest BCUT2D eigenvalue weighted by molar-refractivity contribution is 0.925. The van der Waals surface area contributed by atoms with Gasteiger partial charge in [0.2, 0.25) is 0 Å². The first-order valence-electron chi connectivity index (χ1n) is 3.39. The van der Waals surface area contributed by atoms with E-state index >= 15 is 0 Å². The van der Waals surface area contributed by atoms with Crippen LogP contribution >= 0.6 is 0 Å². The van der Waals surface area contributed by atoms with Gasteiger partial charge in [-0.3, -0.25) is 0 Å². The molecule has 0 aromatic rings. The molecule has 1 nitrogen and oxygen atoms in total. The Morgan fingerprint density at radius 2 is 2.00 bits per heavy atom. The van der Waals surface area contributed by atoms with Crippen LogP contribution in [-0.4, -0.2) is 6.21 Å². The van der Waals surface area contributed by atoms with Gasteiger partial charge in [0, 0.05) is 6.21 Å². The first kappa shape index (κ1) is 8.41. The lowest BCUT2D eigenvalue weighted by atomic mass is 10.1. The maximum atomic E-state index is 7.01. The Hall–Kier alpha value is -0.590. The molecule has 0 aliphatic carbocycles. The fourth-order valence-electron chi connectivity index (χ4n) is 0.736. The Morgan fingerprint density at radius 1 is 1.44 bits per heavy atom. The molecule has 1 heteroatoms. The van der Waals surface area contributed by atoms with E-state index in [1.807, 2.05) is 0 Å². The SMILES string of the molecule is CCCC(C=N)=C(C)C. The van der Waals surface area contributed by atoms with E-state index in [-0.39, 0.29) is 0 Å². The first-order valence-corrected chi connectivity index (χ1v) is 3.39. The molecule has 1 N–H and O–H groups in total. The van der Waals surface area contributed by atoms with Crippen LogP contribution < -0.4 is 0 Å². The van der Waals surface area contributed by atoms with Gasteiger partial charge >= 0.3 is 0 Å². The van der Waals surface area contributed by atoms with Gasteiger partial charge in [0.05, 0.1) is 0 Å². The van der Waals surface area contributed by atoms with E-state index in [1.54, 1.807) is 0 Å². The number of rotatable bonds is 3. The van der Waals surface area contributed by atoms with Crippen LogP contribution in [0.3, 0.4) is 0 Å². The molecule has 0 radical (unpaired) electrons. The maximum Gasteiger partial charge on any atom is 0.0209 e. The van der Waals surface area contributed by atoms with Crippen molar-refractivity contribution in [2.75, 3.05) is 0 Å². The third kappa shape index (κ3) is 3.07. The van der Waals surface area contributed by atoms with E-state index in [0.717, 1.165) is 12.8 Å². The molecule has 0 aromatic carbocycles. The molecule has 0 unspecified atom stereocenters. The van der Waals surface area contributed by atoms with E-state index < -0.39 is 0 Å². The summed E-state index contributed by atoms with van der Waals surface area (Å²) in [7, 11) is 0. The molecule has 9 heavy (non-hydrogen) atoms. The Morgan fingerprint density at radius 3 is 2.11 bits per heavy atom. The zero-order valence-electron chi connectivity index (χ0n) is 6.49. The van der Waals surface area contributed by atoms with Gasteiger partial charge in [-0.15, -0.1) is 0 Å². The van der Waals surface area contributed by atoms with Crippen LogP contribution in [0, 0.1) is 5.41 Å². The van der Waals surface area contributed by atoms with Gasteiger partial charge in [0.1, 0.15) is 0 Å². The van der Waals surface area contributed by atoms with Crippen LogP contribution in [0.4, 0.5) is 0 Å². The van der Waals surface area contributed by atoms with Crippen molar-refractivity contribution in [2.45, 2.75) is 33.6 Å². The van der Waals surface area contributed by atoms with Gasteiger partial charge in [-0.2, -0.15) is 0 Å². The molecule has 0 saturated heterocycles. The quantitative estimate of drug-likeness (QED) is 0.561. The zero-order valence-corrected chi connectivity index (χ0v) is 6.49. The molecule has 52 valence electrons. The van der Waals surface area contributed by atoms with Gasteiger partial charge in [0.25, 0.3) is 0 Å². The van der Waals surface area contributed by atoms with Gasteiger partial charge < -0.3 is 5.41 Å². The summed E-state index contributed by atoms with van der Waals surface area (Å²) >= 11 is 0. The lowest BCUT2D eigenvalue weighted by Gasteiger charge is -1.98. The lowest BCUT2D eigenvalue weighted by Crippen LogP contribution is -1.85. The van der Waals surface area contributed by atoms with Crippen LogP contribution in [0.5, 0.6) is 0 Å². The van der Waals surface area contributed by atoms with Crippen LogP contribution in [0.15, 0.2) is 11.1 Å². The van der Waals surface area contributed by atoms with Crippen LogP contribution in [0.1, 0.15) is 33.6 Å². The van der Waals surface area contributed by atoms with E-state index in [4.69, 9.17) is 5.41 Å². The molecule has 0 spiro atoms. The summed E-state index contributed by atoms with van der Waals surface area (Å²) in [6.45, 7) is 6.23. The number of hydrogen-bond acceptors (Lipinski definition) is 1. The summed E-state index contributed by atoms with van der Waals surface area (Å²) in [4.78, 5) is 0. The molecule has 0 aliphatic rings. The van der Waals surface area contributed by atoms with E-state index in [1.165, 1.54) is 17.4 Å². The summed E-state index contributed by atoms with van der Waals surface area (Å²) in [5.41, 5.74) is 2.45. The first-order chi connectivity index (χ1) is 4.22. The average molecular weight is 125 g/mol. The second-order valence-corrected chi connectivity index (χ2v) is 2.42. The molecule has 0 heterocycles. The fourth-order valence-corrected chi connectivity index (χ4v) is 0.736. The number of hydrogen-bond donors (Lipinski definition) is 1. The fraction of sp³-hybridized carbons (Fsp3) is 0.625. The standard InChI is InChI=1S/C8H15N/c1-4-5-8(6-9)7(2)3/h6,9H,4-5H2,1-3H3. The summed E-state index contributed by atoms with van der Waals surface area (Å²) in [6.07, 6.45) is 3.64. The number of allylic oxidation sites excluding steroid dienone is 2. The second kappa shape index (κ2) is 4.30. The third-order valence-electron chi connectivity index (χ3n) is 1.34. The topological polar surface area (TPSA) is 23.9 Å². The predicted molar refractivity (Wildman–Crippen MR) is 42.1 cm³/mol. The molecule has 0 bridgehead atoms. The monoisotopic (exact) mass is 125 g/mol. The van der Waals surface area contributed by atoms with Gasteiger partial charge in [0.15, 0.2) is 0 Å². The van der Waals surface area contributed by atoms with Crippen molar-refractivity contribution in [3.8, 4) is 0 Å². The third-order valence-corrected chi connectivity index (χ3v) is 1.34. The van der Waals surface area contributed by atoms with Crippen LogP contribution in [0.25, 0.3) is 0 Å². The minimum absolute atomic E-state index is 1.05. The van der Waals surface area contributed by atoms with Crippen molar-refractivity contribution in [3.05, 3.63) is 11.1 Å². The zero-order chi connectivity index (χ0) is 7.28. The molecule has 0 aromatic heterocycles. The maximum absolute atomic E-state index is 7.01. The average Bonchev–Trinajstić information content (AvgIpc) is 1.82. The molecule has 0 fully saturated rings. The number of nitrogens with one attached hydrogen (secondary N) is 1. The highest BCUT2D eigenvalue weighted by atomic mass is 14.3. The Labute approximate surface area is 57.3 Å². The normalized spacial score (nSPS) is 8.78. The molecule has 0 aliphatic heterocycles. The second-order valence-electron chi connectivity index (χ2n) is 2.42. The van der Waals surface area contributed by atoms with Crippen molar-refractivity contribution in [1.29, 1.82) is 5.41 Å². The summed E-state index contributed by atoms with van der Waals surface area (Å²) in [5.74, 6) is 0. The van der Waals surface area contributed by atoms with Crippen LogP contribution in [-0.2, 0) is 0 Å². The summed E-state index contributed by atoms with van der Waals surface area (Å²) in [5, 5.41) is 7.01. The predicted octanol–water partition coefficient (Wildman–Crippen LogP) is 2.77. The van der Waals surface area contributed by atoms with Crippen LogP contribution in [0.2, 0.25) is 0 Å². The van der Waals surface area contributed by atoms with Crippen molar-refractivity contribution in [1.82, 2.24) is 0 Å². The Kier molecular flexibility index (Phi) is 4.02. The largest absolute Gasteiger partial charge is 0.308 e. The molecule has 0 rings (SSSR count). The molecule has 0 saturated carbocycles. The van der Waals surface area contributed by atoms with Crippen molar-refractivity contribution < 1.29 is 0 Å². The summed E-state index contributed by atoms with van der Waals surface area (Å²) in [6, 6.07) is 0. The van der Waals surface area contributed by atoms with E-state index in [9.17, 15) is 0 Å². The van der Waals surface area contributed by atoms with Crippen molar-refractivity contribution >= 4 is 6.21 Å². The van der Waals surface area contributed by atoms with Gasteiger partial charge in [-0.25, -0.2) is 0 Å². The minimum Gasteiger partial charge on any atom is -0.308 e. The smallest absolute Gasteiger partial charge is 0.0209 e. The minimum atomic E-state index is 1.05. The molecular formula is C8H15N. The molecule has 0 atom stereocenters. The van der Waals surface area contributed by atoms with Gasteiger partial charge in [-0.05, 0) is 25.8 Å². The highest BCUT2D eigenvalue weighted by Gasteiger charge is 1.91. The van der Waals surface area contributed by atoms with Crippen molar-refractivity contribution in [3.63, 3.8) is 0 Å². The highest BCUT2D eigenvalue weighted by molar-refractivity contribution is 5.76.